The largest absolute Gasteiger partial charge is 0.479 e. The number of aliphatic carboxylic acids is 1. The van der Waals surface area contributed by atoms with Crippen molar-refractivity contribution in [3.8, 4) is 0 Å². The van der Waals surface area contributed by atoms with E-state index in [9.17, 15) is 24.2 Å². The zero-order valence-corrected chi connectivity index (χ0v) is 15.9. The molecule has 0 saturated carbocycles. The molecule has 1 aliphatic rings. The topological polar surface area (TPSA) is 134 Å². The quantitative estimate of drug-likeness (QED) is 0.467. The van der Waals surface area contributed by atoms with E-state index < -0.39 is 47.3 Å². The Bertz CT molecular complexity index is 909. The SMILES string of the molecule is O=C(O)C(Nc1ccn([C@@H]2O[C@H](CO)[C@@H](O)[C@]2(F)Br)c(=O)n1)c1ccccc1. The Labute approximate surface area is 166 Å². The van der Waals surface area contributed by atoms with E-state index in [1.54, 1.807) is 30.3 Å². The molecule has 150 valence electrons. The Morgan fingerprint density at radius 1 is 1.39 bits per heavy atom. The highest BCUT2D eigenvalue weighted by atomic mass is 79.9. The minimum atomic E-state index is -2.52. The first-order valence-electron chi connectivity index (χ1n) is 8.21. The van der Waals surface area contributed by atoms with Crippen LogP contribution in [0.1, 0.15) is 17.8 Å². The summed E-state index contributed by atoms with van der Waals surface area (Å²) in [7, 11) is 0. The fourth-order valence-electron chi connectivity index (χ4n) is 2.87. The molecule has 0 radical (unpaired) electrons. The summed E-state index contributed by atoms with van der Waals surface area (Å²) in [5.74, 6) is -1.21. The average molecular weight is 458 g/mol. The van der Waals surface area contributed by atoms with Crippen molar-refractivity contribution >= 4 is 27.7 Å². The van der Waals surface area contributed by atoms with Gasteiger partial charge in [0.05, 0.1) is 6.61 Å². The van der Waals surface area contributed by atoms with Gasteiger partial charge in [-0.05, 0) is 27.6 Å². The van der Waals surface area contributed by atoms with Crippen molar-refractivity contribution in [1.29, 1.82) is 0 Å². The van der Waals surface area contributed by atoms with Crippen LogP contribution in [-0.2, 0) is 9.53 Å². The second-order valence-electron chi connectivity index (χ2n) is 6.16. The molecule has 0 spiro atoms. The van der Waals surface area contributed by atoms with E-state index in [0.717, 1.165) is 10.8 Å². The molecular formula is C17H17BrFN3O6. The van der Waals surface area contributed by atoms with Gasteiger partial charge in [-0.2, -0.15) is 4.98 Å². The lowest BCUT2D eigenvalue weighted by molar-refractivity contribution is -0.138. The number of halogens is 2. The van der Waals surface area contributed by atoms with Crippen LogP contribution in [0.15, 0.2) is 47.4 Å². The Balaban J connectivity index is 1.87. The first kappa shape index (κ1) is 20.4. The smallest absolute Gasteiger partial charge is 0.351 e. The van der Waals surface area contributed by atoms with Gasteiger partial charge >= 0.3 is 11.7 Å². The van der Waals surface area contributed by atoms with E-state index in [4.69, 9.17) is 9.84 Å². The van der Waals surface area contributed by atoms with Crippen LogP contribution in [0.25, 0.3) is 0 Å². The Kier molecular flexibility index (Phi) is 5.79. The third-order valence-electron chi connectivity index (χ3n) is 4.31. The van der Waals surface area contributed by atoms with Crippen LogP contribution in [0, 0.1) is 0 Å². The summed E-state index contributed by atoms with van der Waals surface area (Å²) in [6.45, 7) is -0.645. The summed E-state index contributed by atoms with van der Waals surface area (Å²) in [4.78, 5) is 27.6. The second-order valence-corrected chi connectivity index (χ2v) is 7.37. The number of anilines is 1. The van der Waals surface area contributed by atoms with Crippen molar-refractivity contribution in [2.75, 3.05) is 11.9 Å². The van der Waals surface area contributed by atoms with Crippen molar-refractivity contribution in [2.24, 2.45) is 0 Å². The summed E-state index contributed by atoms with van der Waals surface area (Å²) in [5, 5.41) is 31.1. The zero-order valence-electron chi connectivity index (χ0n) is 14.3. The molecule has 1 aromatic heterocycles. The van der Waals surface area contributed by atoms with Gasteiger partial charge in [-0.25, -0.2) is 14.0 Å². The molecule has 1 fully saturated rings. The van der Waals surface area contributed by atoms with E-state index in [-0.39, 0.29) is 5.82 Å². The van der Waals surface area contributed by atoms with Crippen LogP contribution in [0.5, 0.6) is 0 Å². The van der Waals surface area contributed by atoms with Crippen LogP contribution in [0.2, 0.25) is 0 Å². The minimum absolute atomic E-state index is 0.0335. The lowest BCUT2D eigenvalue weighted by Crippen LogP contribution is -2.40. The number of hydrogen-bond acceptors (Lipinski definition) is 7. The Morgan fingerprint density at radius 3 is 2.61 bits per heavy atom. The number of rotatable bonds is 6. The predicted octanol–water partition coefficient (Wildman–Crippen LogP) is 0.792. The number of benzene rings is 1. The summed E-state index contributed by atoms with van der Waals surface area (Å²) < 4.78 is 18.3. The van der Waals surface area contributed by atoms with Gasteiger partial charge in [0.2, 0.25) is 4.58 Å². The number of aliphatic hydroxyl groups excluding tert-OH is 2. The number of carboxylic acid groups (broad SMARTS) is 1. The number of carbonyl (C=O) groups is 1. The standard InChI is InChI=1S/C17H17BrFN3O6/c18-17(19)13(24)10(8-23)28-15(17)22-7-6-11(21-16(22)27)20-12(14(25)26)9-4-2-1-3-5-9/h1-7,10,12-13,15,23-24H,8H2,(H,25,26)(H,20,21,27)/t10-,12?,13-,15-,17-/m1/s1. The maximum Gasteiger partial charge on any atom is 0.351 e. The molecule has 28 heavy (non-hydrogen) atoms. The fourth-order valence-corrected chi connectivity index (χ4v) is 3.49. The van der Waals surface area contributed by atoms with Crippen molar-refractivity contribution in [3.05, 3.63) is 58.6 Å². The van der Waals surface area contributed by atoms with E-state index in [1.807, 2.05) is 0 Å². The Morgan fingerprint density at radius 2 is 2.07 bits per heavy atom. The van der Waals surface area contributed by atoms with Gasteiger partial charge in [-0.1, -0.05) is 30.3 Å². The summed E-state index contributed by atoms with van der Waals surface area (Å²) >= 11 is 2.70. The predicted molar refractivity (Wildman–Crippen MR) is 98.7 cm³/mol. The average Bonchev–Trinajstić information content (AvgIpc) is 2.90. The highest BCUT2D eigenvalue weighted by Crippen LogP contribution is 2.45. The van der Waals surface area contributed by atoms with Gasteiger partial charge in [0.25, 0.3) is 0 Å². The van der Waals surface area contributed by atoms with Gasteiger partial charge in [-0.3, -0.25) is 4.57 Å². The molecule has 2 heterocycles. The third-order valence-corrected chi connectivity index (χ3v) is 5.17. The lowest BCUT2D eigenvalue weighted by atomic mass is 10.1. The van der Waals surface area contributed by atoms with Crippen LogP contribution >= 0.6 is 15.9 Å². The second kappa shape index (κ2) is 7.95. The molecular weight excluding hydrogens is 441 g/mol. The van der Waals surface area contributed by atoms with Gasteiger partial charge in [0, 0.05) is 6.20 Å². The van der Waals surface area contributed by atoms with E-state index >= 15 is 0 Å². The van der Waals surface area contributed by atoms with Crippen LogP contribution in [-0.4, -0.2) is 54.2 Å². The number of alkyl halides is 2. The molecule has 3 rings (SSSR count). The number of aliphatic hydroxyl groups is 2. The molecule has 1 aromatic carbocycles. The first-order chi connectivity index (χ1) is 13.3. The molecule has 0 bridgehead atoms. The minimum Gasteiger partial charge on any atom is -0.479 e. The molecule has 5 atom stereocenters. The highest BCUT2D eigenvalue weighted by Gasteiger charge is 2.57. The number of aromatic nitrogens is 2. The monoisotopic (exact) mass is 457 g/mol. The highest BCUT2D eigenvalue weighted by molar-refractivity contribution is 9.10. The zero-order chi connectivity index (χ0) is 20.5. The summed E-state index contributed by atoms with van der Waals surface area (Å²) in [6.07, 6.45) is -3.35. The number of carboxylic acids is 1. The number of nitrogens with one attached hydrogen (secondary N) is 1. The molecule has 1 saturated heterocycles. The molecule has 11 heteroatoms. The number of ether oxygens (including phenoxy) is 1. The van der Waals surface area contributed by atoms with Gasteiger partial charge in [0.15, 0.2) is 12.3 Å². The van der Waals surface area contributed by atoms with Crippen molar-refractivity contribution in [3.63, 3.8) is 0 Å². The molecule has 1 unspecified atom stereocenters. The van der Waals surface area contributed by atoms with E-state index in [1.165, 1.54) is 6.07 Å². The number of hydrogen-bond donors (Lipinski definition) is 4. The molecule has 9 nitrogen and oxygen atoms in total. The van der Waals surface area contributed by atoms with Gasteiger partial charge in [-0.15, -0.1) is 0 Å². The summed E-state index contributed by atoms with van der Waals surface area (Å²) in [5.41, 5.74) is -0.475. The maximum atomic E-state index is 14.8. The molecule has 4 N–H and O–H groups in total. The Hall–Kier alpha value is -2.34. The van der Waals surface area contributed by atoms with Gasteiger partial charge in [0.1, 0.15) is 18.0 Å². The van der Waals surface area contributed by atoms with Gasteiger partial charge < -0.3 is 25.4 Å². The lowest BCUT2D eigenvalue weighted by Gasteiger charge is -2.23. The molecule has 2 aromatic rings. The van der Waals surface area contributed by atoms with Crippen LogP contribution in [0.3, 0.4) is 0 Å². The molecule has 1 aliphatic heterocycles. The number of nitrogens with zero attached hydrogens (tertiary/aromatic N) is 2. The third kappa shape index (κ3) is 3.78. The molecule has 0 amide bonds. The van der Waals surface area contributed by atoms with Crippen LogP contribution in [0.4, 0.5) is 10.2 Å². The van der Waals surface area contributed by atoms with E-state index in [2.05, 4.69) is 26.2 Å². The molecule has 0 aliphatic carbocycles. The van der Waals surface area contributed by atoms with Crippen molar-refractivity contribution in [2.45, 2.75) is 29.1 Å². The van der Waals surface area contributed by atoms with Crippen molar-refractivity contribution in [1.82, 2.24) is 9.55 Å². The van der Waals surface area contributed by atoms with E-state index in [0.29, 0.717) is 5.56 Å². The normalized spacial score (nSPS) is 28.1. The summed E-state index contributed by atoms with van der Waals surface area (Å²) in [6, 6.07) is 8.44. The van der Waals surface area contributed by atoms with Crippen molar-refractivity contribution < 1.29 is 29.2 Å². The fraction of sp³-hybridized carbons (Fsp3) is 0.353. The first-order valence-corrected chi connectivity index (χ1v) is 9.00. The maximum absolute atomic E-state index is 14.8. The van der Waals surface area contributed by atoms with Crippen LogP contribution < -0.4 is 11.0 Å².